The summed E-state index contributed by atoms with van der Waals surface area (Å²) < 4.78 is 38.2. The van der Waals surface area contributed by atoms with Gasteiger partial charge in [0.25, 0.3) is 0 Å². The maximum absolute atomic E-state index is 12.2. The van der Waals surface area contributed by atoms with Crippen molar-refractivity contribution in [1.82, 2.24) is 14.6 Å². The lowest BCUT2D eigenvalue weighted by atomic mass is 10.5. The number of hydrogen-bond acceptors (Lipinski definition) is 2. The zero-order chi connectivity index (χ0) is 10.3. The van der Waals surface area contributed by atoms with Crippen LogP contribution in [0.2, 0.25) is 0 Å². The molecule has 2 rings (SSSR count). The van der Waals surface area contributed by atoms with E-state index in [1.165, 1.54) is 12.1 Å². The van der Waals surface area contributed by atoms with Crippen LogP contribution >= 0.6 is 15.9 Å². The van der Waals surface area contributed by atoms with E-state index in [1.807, 2.05) is 0 Å². The van der Waals surface area contributed by atoms with Crippen LogP contribution < -0.4 is 0 Å². The Kier molecular flexibility index (Phi) is 1.99. The van der Waals surface area contributed by atoms with E-state index in [0.717, 1.165) is 10.7 Å². The number of halogens is 4. The summed E-state index contributed by atoms with van der Waals surface area (Å²) in [7, 11) is 0. The number of nitrogens with zero attached hydrogens (tertiary/aromatic N) is 3. The van der Waals surface area contributed by atoms with Crippen LogP contribution in [0.5, 0.6) is 0 Å². The molecule has 0 amide bonds. The second-order valence-corrected chi connectivity index (χ2v) is 3.40. The minimum atomic E-state index is -4.43. The molecule has 0 N–H and O–H groups in total. The van der Waals surface area contributed by atoms with Crippen LogP contribution in [0.1, 0.15) is 5.69 Å². The van der Waals surface area contributed by atoms with Gasteiger partial charge in [-0.3, -0.25) is 0 Å². The Hall–Kier alpha value is -1.11. The predicted molar refractivity (Wildman–Crippen MR) is 45.7 cm³/mol. The molecule has 0 radical (unpaired) electrons. The molecule has 2 heterocycles. The van der Waals surface area contributed by atoms with Crippen molar-refractivity contribution in [1.29, 1.82) is 0 Å². The number of fused-ring (bicyclic) bond motifs is 1. The number of rotatable bonds is 0. The van der Waals surface area contributed by atoms with Gasteiger partial charge in [0.1, 0.15) is 4.60 Å². The lowest BCUT2D eigenvalue weighted by Crippen LogP contribution is -2.04. The van der Waals surface area contributed by atoms with E-state index in [4.69, 9.17) is 0 Å². The van der Waals surface area contributed by atoms with Gasteiger partial charge in [0.15, 0.2) is 11.3 Å². The van der Waals surface area contributed by atoms with Gasteiger partial charge in [-0.1, -0.05) is 0 Å². The molecule has 2 aromatic rings. The van der Waals surface area contributed by atoms with Gasteiger partial charge in [-0.2, -0.15) is 18.3 Å². The number of imidazole rings is 1. The molecule has 0 spiro atoms. The van der Waals surface area contributed by atoms with E-state index >= 15 is 0 Å². The van der Waals surface area contributed by atoms with Crippen molar-refractivity contribution in [3.05, 3.63) is 28.6 Å². The number of alkyl halides is 3. The van der Waals surface area contributed by atoms with E-state index in [1.54, 1.807) is 0 Å². The van der Waals surface area contributed by atoms with E-state index in [2.05, 4.69) is 26.0 Å². The Balaban J connectivity index is 2.63. The van der Waals surface area contributed by atoms with Gasteiger partial charge in [-0.15, -0.1) is 0 Å². The van der Waals surface area contributed by atoms with Gasteiger partial charge >= 0.3 is 6.18 Å². The van der Waals surface area contributed by atoms with Crippen LogP contribution in [0.4, 0.5) is 13.2 Å². The number of aromatic nitrogens is 3. The zero-order valence-electron chi connectivity index (χ0n) is 6.59. The summed E-state index contributed by atoms with van der Waals surface area (Å²) in [6, 6.07) is 2.98. The molecule has 0 unspecified atom stereocenters. The third kappa shape index (κ3) is 1.59. The van der Waals surface area contributed by atoms with Gasteiger partial charge in [-0.25, -0.2) is 9.50 Å². The van der Waals surface area contributed by atoms with Crippen LogP contribution in [0.3, 0.4) is 0 Å². The normalized spacial score (nSPS) is 12.3. The smallest absolute Gasteiger partial charge is 0.223 e. The predicted octanol–water partition coefficient (Wildman–Crippen LogP) is 2.51. The van der Waals surface area contributed by atoms with Crippen LogP contribution in [-0.4, -0.2) is 14.6 Å². The maximum Gasteiger partial charge on any atom is 0.434 e. The first-order chi connectivity index (χ1) is 6.47. The molecular weight excluding hydrogens is 263 g/mol. The Morgan fingerprint density at radius 1 is 1.29 bits per heavy atom. The fraction of sp³-hybridized carbons (Fsp3) is 0.143. The highest BCUT2D eigenvalue weighted by atomic mass is 79.9. The molecule has 3 nitrogen and oxygen atoms in total. The summed E-state index contributed by atoms with van der Waals surface area (Å²) in [4.78, 5) is 3.38. The second-order valence-electron chi connectivity index (χ2n) is 2.58. The summed E-state index contributed by atoms with van der Waals surface area (Å²) >= 11 is 3.05. The van der Waals surface area contributed by atoms with Crippen LogP contribution in [0.25, 0.3) is 5.65 Å². The Labute approximate surface area is 84.7 Å². The fourth-order valence-corrected chi connectivity index (χ4v) is 1.30. The SMILES string of the molecule is FC(F)(F)c1cn2nc(Br)ccc2n1. The van der Waals surface area contributed by atoms with Gasteiger partial charge in [0.2, 0.25) is 0 Å². The van der Waals surface area contributed by atoms with Crippen molar-refractivity contribution in [3.63, 3.8) is 0 Å². The molecule has 0 saturated heterocycles. The monoisotopic (exact) mass is 265 g/mol. The molecular formula is C7H3BrF3N3. The summed E-state index contributed by atoms with van der Waals surface area (Å²) in [5.41, 5.74) is -0.774. The fourth-order valence-electron chi connectivity index (χ4n) is 0.995. The first kappa shape index (κ1) is 9.45. The highest BCUT2D eigenvalue weighted by molar-refractivity contribution is 9.10. The van der Waals surface area contributed by atoms with Crippen molar-refractivity contribution >= 4 is 21.6 Å². The van der Waals surface area contributed by atoms with Crippen LogP contribution in [0.15, 0.2) is 22.9 Å². The van der Waals surface area contributed by atoms with Crippen LogP contribution in [0, 0.1) is 0 Å². The first-order valence-corrected chi connectivity index (χ1v) is 4.35. The molecule has 0 aliphatic carbocycles. The molecule has 74 valence electrons. The quantitative estimate of drug-likeness (QED) is 0.733. The Morgan fingerprint density at radius 3 is 2.64 bits per heavy atom. The first-order valence-electron chi connectivity index (χ1n) is 3.56. The minimum Gasteiger partial charge on any atom is -0.223 e. The molecule has 0 aliphatic heterocycles. The van der Waals surface area contributed by atoms with E-state index in [9.17, 15) is 13.2 Å². The maximum atomic E-state index is 12.2. The Morgan fingerprint density at radius 2 is 2.00 bits per heavy atom. The average Bonchev–Trinajstić information content (AvgIpc) is 2.45. The molecule has 0 aromatic carbocycles. The van der Waals surface area contributed by atoms with E-state index in [-0.39, 0.29) is 5.65 Å². The molecule has 7 heteroatoms. The lowest BCUT2D eigenvalue weighted by Gasteiger charge is -1.98. The molecule has 0 atom stereocenters. The van der Waals surface area contributed by atoms with Gasteiger partial charge in [-0.05, 0) is 28.1 Å². The molecule has 0 saturated carbocycles. The van der Waals surface area contributed by atoms with Crippen molar-refractivity contribution in [2.45, 2.75) is 6.18 Å². The summed E-state index contributed by atoms with van der Waals surface area (Å²) in [6.07, 6.45) is -3.58. The highest BCUT2D eigenvalue weighted by Gasteiger charge is 2.34. The van der Waals surface area contributed by atoms with Gasteiger partial charge in [0, 0.05) is 0 Å². The van der Waals surface area contributed by atoms with Crippen molar-refractivity contribution in [2.24, 2.45) is 0 Å². The molecule has 0 bridgehead atoms. The second kappa shape index (κ2) is 2.94. The van der Waals surface area contributed by atoms with Crippen molar-refractivity contribution < 1.29 is 13.2 Å². The molecule has 0 aliphatic rings. The van der Waals surface area contributed by atoms with Crippen molar-refractivity contribution in [2.75, 3.05) is 0 Å². The van der Waals surface area contributed by atoms with E-state index in [0.29, 0.717) is 4.60 Å². The summed E-state index contributed by atoms with van der Waals surface area (Å²) in [5.74, 6) is 0. The average molecular weight is 266 g/mol. The molecule has 14 heavy (non-hydrogen) atoms. The lowest BCUT2D eigenvalue weighted by molar-refractivity contribution is -0.140. The number of hydrogen-bond donors (Lipinski definition) is 0. The van der Waals surface area contributed by atoms with Gasteiger partial charge < -0.3 is 0 Å². The summed E-state index contributed by atoms with van der Waals surface area (Å²) in [5, 5.41) is 3.78. The largest absolute Gasteiger partial charge is 0.434 e. The highest BCUT2D eigenvalue weighted by Crippen LogP contribution is 2.28. The summed E-state index contributed by atoms with van der Waals surface area (Å²) in [6.45, 7) is 0. The molecule has 2 aromatic heterocycles. The van der Waals surface area contributed by atoms with E-state index < -0.39 is 11.9 Å². The molecule has 0 fully saturated rings. The third-order valence-electron chi connectivity index (χ3n) is 1.58. The minimum absolute atomic E-state index is 0.167. The topological polar surface area (TPSA) is 30.2 Å². The third-order valence-corrected chi connectivity index (χ3v) is 2.00. The Bertz CT molecular complexity index is 476. The van der Waals surface area contributed by atoms with Gasteiger partial charge in [0.05, 0.1) is 6.20 Å². The van der Waals surface area contributed by atoms with Crippen molar-refractivity contribution in [3.8, 4) is 0 Å². The van der Waals surface area contributed by atoms with Crippen LogP contribution in [-0.2, 0) is 6.18 Å². The standard InChI is InChI=1S/C7H3BrF3N3/c8-5-1-2-6-12-4(7(9,10)11)3-14(6)13-5/h1-3H. The zero-order valence-corrected chi connectivity index (χ0v) is 8.17.